The highest BCUT2D eigenvalue weighted by atomic mass is 32.2. The van der Waals surface area contributed by atoms with Gasteiger partial charge in [0, 0.05) is 25.7 Å². The van der Waals surface area contributed by atoms with Crippen molar-refractivity contribution in [3.05, 3.63) is 12.0 Å². The molecular formula is C9H14N4O2S. The van der Waals surface area contributed by atoms with Crippen LogP contribution in [0.1, 0.15) is 19.2 Å². The van der Waals surface area contributed by atoms with Crippen LogP contribution in [0, 0.1) is 18.3 Å². The smallest absolute Gasteiger partial charge is 0.259 e. The van der Waals surface area contributed by atoms with Gasteiger partial charge in [0.05, 0.1) is 6.07 Å². The fraction of sp³-hybridized carbons (Fsp3) is 0.556. The summed E-state index contributed by atoms with van der Waals surface area (Å²) in [6.07, 6.45) is 1.64. The predicted octanol–water partition coefficient (Wildman–Crippen LogP) is 0.403. The van der Waals surface area contributed by atoms with E-state index in [-0.39, 0.29) is 18.0 Å². The van der Waals surface area contributed by atoms with Gasteiger partial charge in [0.15, 0.2) is 5.03 Å². The Bertz CT molecular complexity index is 498. The summed E-state index contributed by atoms with van der Waals surface area (Å²) in [4.78, 5) is 3.96. The Kier molecular flexibility index (Phi) is 4.04. The van der Waals surface area contributed by atoms with Crippen LogP contribution in [-0.4, -0.2) is 24.5 Å². The van der Waals surface area contributed by atoms with Gasteiger partial charge in [-0.2, -0.15) is 5.26 Å². The molecule has 6 nitrogen and oxygen atoms in total. The topological polar surface area (TPSA) is 87.8 Å². The molecule has 0 aromatic carbocycles. The maximum Gasteiger partial charge on any atom is 0.259 e. The first-order chi connectivity index (χ1) is 7.51. The van der Waals surface area contributed by atoms with Crippen LogP contribution in [0.4, 0.5) is 0 Å². The lowest BCUT2D eigenvalue weighted by molar-refractivity contribution is 0.579. The highest BCUT2D eigenvalue weighted by Gasteiger charge is 2.17. The van der Waals surface area contributed by atoms with E-state index in [1.165, 1.54) is 6.20 Å². The van der Waals surface area contributed by atoms with Crippen LogP contribution in [0.5, 0.6) is 0 Å². The van der Waals surface area contributed by atoms with Crippen molar-refractivity contribution in [1.29, 1.82) is 5.26 Å². The maximum absolute atomic E-state index is 11.7. The standard InChI is InChI=1S/C9H14N4O2S/c1-3-13-7-9(12-8(13)2)16(14,15)11-6-4-5-10/h7,11H,3-4,6H2,1-2H3. The normalized spacial score (nSPS) is 11.3. The van der Waals surface area contributed by atoms with Gasteiger partial charge in [-0.3, -0.25) is 0 Å². The highest BCUT2D eigenvalue weighted by Crippen LogP contribution is 2.08. The van der Waals surface area contributed by atoms with E-state index in [1.54, 1.807) is 11.5 Å². The van der Waals surface area contributed by atoms with E-state index < -0.39 is 10.0 Å². The first kappa shape index (κ1) is 12.7. The lowest BCUT2D eigenvalue weighted by Crippen LogP contribution is -2.24. The highest BCUT2D eigenvalue weighted by molar-refractivity contribution is 7.89. The number of nitrogens with one attached hydrogen (secondary N) is 1. The molecule has 0 unspecified atom stereocenters. The van der Waals surface area contributed by atoms with Crippen molar-refractivity contribution in [2.75, 3.05) is 6.54 Å². The van der Waals surface area contributed by atoms with Crippen LogP contribution >= 0.6 is 0 Å². The Labute approximate surface area is 95.0 Å². The van der Waals surface area contributed by atoms with Crippen LogP contribution in [0.15, 0.2) is 11.2 Å². The zero-order valence-corrected chi connectivity index (χ0v) is 10.1. The van der Waals surface area contributed by atoms with Crippen molar-refractivity contribution in [2.45, 2.75) is 31.8 Å². The van der Waals surface area contributed by atoms with E-state index in [0.717, 1.165) is 0 Å². The minimum Gasteiger partial charge on any atom is -0.334 e. The second-order valence-electron chi connectivity index (χ2n) is 3.22. The third-order valence-corrected chi connectivity index (χ3v) is 3.43. The summed E-state index contributed by atoms with van der Waals surface area (Å²) in [5, 5.41) is 8.32. The molecule has 1 N–H and O–H groups in total. The molecule has 0 bridgehead atoms. The Morgan fingerprint density at radius 3 is 2.81 bits per heavy atom. The summed E-state index contributed by atoms with van der Waals surface area (Å²) in [5.41, 5.74) is 0. The van der Waals surface area contributed by atoms with Crippen LogP contribution in [0.25, 0.3) is 0 Å². The second kappa shape index (κ2) is 5.09. The van der Waals surface area contributed by atoms with Crippen molar-refractivity contribution in [3.8, 4) is 6.07 Å². The van der Waals surface area contributed by atoms with Crippen molar-refractivity contribution in [1.82, 2.24) is 14.3 Å². The number of sulfonamides is 1. The number of imidazole rings is 1. The molecule has 0 fully saturated rings. The summed E-state index contributed by atoms with van der Waals surface area (Å²) >= 11 is 0. The van der Waals surface area contributed by atoms with Crippen molar-refractivity contribution in [2.24, 2.45) is 0 Å². The number of aryl methyl sites for hydroxylation is 2. The second-order valence-corrected chi connectivity index (χ2v) is 4.93. The number of hydrogen-bond donors (Lipinski definition) is 1. The molecule has 0 atom stereocenters. The zero-order chi connectivity index (χ0) is 12.2. The third kappa shape index (κ3) is 2.81. The minimum absolute atomic E-state index is 0.00443. The average molecular weight is 242 g/mol. The van der Waals surface area contributed by atoms with Gasteiger partial charge in [-0.15, -0.1) is 0 Å². The maximum atomic E-state index is 11.7. The first-order valence-corrected chi connectivity index (χ1v) is 6.40. The van der Waals surface area contributed by atoms with Crippen LogP contribution < -0.4 is 4.72 Å². The average Bonchev–Trinajstić information content (AvgIpc) is 2.60. The minimum atomic E-state index is -3.58. The third-order valence-electron chi connectivity index (χ3n) is 2.10. The summed E-state index contributed by atoms with van der Waals surface area (Å²) < 4.78 is 27.4. The monoisotopic (exact) mass is 242 g/mol. The molecule has 1 aromatic heterocycles. The van der Waals surface area contributed by atoms with E-state index in [0.29, 0.717) is 12.4 Å². The zero-order valence-electron chi connectivity index (χ0n) is 9.27. The van der Waals surface area contributed by atoms with E-state index in [9.17, 15) is 8.42 Å². The molecule has 0 aliphatic heterocycles. The fourth-order valence-corrected chi connectivity index (χ4v) is 2.28. The van der Waals surface area contributed by atoms with Crippen LogP contribution in [-0.2, 0) is 16.6 Å². The summed E-state index contributed by atoms with van der Waals surface area (Å²) in [6, 6.07) is 1.87. The Morgan fingerprint density at radius 1 is 1.62 bits per heavy atom. The molecule has 1 rings (SSSR count). The van der Waals surface area contributed by atoms with Gasteiger partial charge in [-0.1, -0.05) is 0 Å². The van der Waals surface area contributed by atoms with E-state index in [2.05, 4.69) is 9.71 Å². The summed E-state index contributed by atoms with van der Waals surface area (Å²) in [6.45, 7) is 4.44. The van der Waals surface area contributed by atoms with Gasteiger partial charge in [0.25, 0.3) is 10.0 Å². The van der Waals surface area contributed by atoms with E-state index >= 15 is 0 Å². The van der Waals surface area contributed by atoms with Gasteiger partial charge in [-0.25, -0.2) is 18.1 Å². The van der Waals surface area contributed by atoms with Crippen molar-refractivity contribution in [3.63, 3.8) is 0 Å². The van der Waals surface area contributed by atoms with Gasteiger partial charge in [-0.05, 0) is 13.8 Å². The van der Waals surface area contributed by atoms with Crippen LogP contribution in [0.2, 0.25) is 0 Å². The van der Waals surface area contributed by atoms with Crippen molar-refractivity contribution < 1.29 is 8.42 Å². The lowest BCUT2D eigenvalue weighted by atomic mass is 10.5. The molecule has 0 radical (unpaired) electrons. The number of nitrogens with zero attached hydrogens (tertiary/aromatic N) is 3. The molecule has 0 aliphatic carbocycles. The molecule has 0 spiro atoms. The molecule has 88 valence electrons. The summed E-state index contributed by atoms with van der Waals surface area (Å²) in [7, 11) is -3.58. The number of nitriles is 1. The molecule has 0 aliphatic rings. The van der Waals surface area contributed by atoms with Gasteiger partial charge >= 0.3 is 0 Å². The van der Waals surface area contributed by atoms with E-state index in [1.807, 2.05) is 13.0 Å². The fourth-order valence-electron chi connectivity index (χ4n) is 1.24. The molecular weight excluding hydrogens is 228 g/mol. The Morgan fingerprint density at radius 2 is 2.31 bits per heavy atom. The molecule has 1 aromatic rings. The lowest BCUT2D eigenvalue weighted by Gasteiger charge is -2.00. The quantitative estimate of drug-likeness (QED) is 0.757. The Hall–Kier alpha value is -1.39. The van der Waals surface area contributed by atoms with Gasteiger partial charge < -0.3 is 4.57 Å². The molecule has 0 saturated heterocycles. The Balaban J connectivity index is 2.86. The predicted molar refractivity (Wildman–Crippen MR) is 58.1 cm³/mol. The van der Waals surface area contributed by atoms with E-state index in [4.69, 9.17) is 5.26 Å². The van der Waals surface area contributed by atoms with Gasteiger partial charge in [0.1, 0.15) is 5.82 Å². The first-order valence-electron chi connectivity index (χ1n) is 4.91. The largest absolute Gasteiger partial charge is 0.334 e. The SMILES string of the molecule is CCn1cc(S(=O)(=O)NCCC#N)nc1C. The number of aromatic nitrogens is 2. The van der Waals surface area contributed by atoms with Crippen LogP contribution in [0.3, 0.4) is 0 Å². The molecule has 1 heterocycles. The number of hydrogen-bond acceptors (Lipinski definition) is 4. The molecule has 16 heavy (non-hydrogen) atoms. The number of rotatable bonds is 5. The van der Waals surface area contributed by atoms with Crippen molar-refractivity contribution >= 4 is 10.0 Å². The molecule has 0 amide bonds. The summed E-state index contributed by atoms with van der Waals surface area (Å²) in [5.74, 6) is 0.656. The molecule has 0 saturated carbocycles. The molecule has 7 heteroatoms. The van der Waals surface area contributed by atoms with Gasteiger partial charge in [0.2, 0.25) is 0 Å².